The van der Waals surface area contributed by atoms with Crippen LogP contribution in [0.15, 0.2) is 42.9 Å². The molecule has 1 amide bonds. The third-order valence-electron chi connectivity index (χ3n) is 6.03. The van der Waals surface area contributed by atoms with Gasteiger partial charge in [-0.15, -0.1) is 0 Å². The van der Waals surface area contributed by atoms with Gasteiger partial charge in [0.05, 0.1) is 17.0 Å². The van der Waals surface area contributed by atoms with Gasteiger partial charge in [-0.1, -0.05) is 37.6 Å². The number of carbonyl (C=O) groups is 1. The van der Waals surface area contributed by atoms with Crippen molar-refractivity contribution in [3.05, 3.63) is 53.4 Å². The number of halogens is 1. The molecule has 31 heavy (non-hydrogen) atoms. The fourth-order valence-electron chi connectivity index (χ4n) is 4.20. The van der Waals surface area contributed by atoms with Crippen LogP contribution in [0.5, 0.6) is 0 Å². The van der Waals surface area contributed by atoms with Crippen LogP contribution >= 0.6 is 11.6 Å². The van der Waals surface area contributed by atoms with E-state index in [-0.39, 0.29) is 11.9 Å². The molecular weight excluding hydrogens is 412 g/mol. The van der Waals surface area contributed by atoms with E-state index in [1.54, 1.807) is 6.33 Å². The van der Waals surface area contributed by atoms with Crippen molar-refractivity contribution in [1.82, 2.24) is 20.3 Å². The largest absolute Gasteiger partial charge is 0.356 e. The van der Waals surface area contributed by atoms with E-state index in [2.05, 4.69) is 39.0 Å². The number of H-pyrrole nitrogens is 1. The Hall–Kier alpha value is -2.64. The van der Waals surface area contributed by atoms with Crippen LogP contribution in [0.25, 0.3) is 11.0 Å². The maximum atomic E-state index is 13.3. The molecule has 1 atom stereocenters. The van der Waals surface area contributed by atoms with E-state index in [0.717, 1.165) is 28.8 Å². The Morgan fingerprint density at radius 2 is 1.94 bits per heavy atom. The predicted octanol–water partition coefficient (Wildman–Crippen LogP) is 3.81. The van der Waals surface area contributed by atoms with Crippen LogP contribution in [0.2, 0.25) is 5.02 Å². The molecular formula is C23H29ClN6O. The van der Waals surface area contributed by atoms with Crippen LogP contribution in [-0.2, 0) is 4.79 Å². The van der Waals surface area contributed by atoms with Gasteiger partial charge in [0.25, 0.3) is 0 Å². The van der Waals surface area contributed by atoms with Crippen molar-refractivity contribution in [1.29, 1.82) is 0 Å². The minimum Gasteiger partial charge on any atom is -0.356 e. The number of amides is 1. The number of aromatic nitrogens is 3. The number of anilines is 1. The third-order valence-corrected chi connectivity index (χ3v) is 6.28. The van der Waals surface area contributed by atoms with Gasteiger partial charge in [-0.2, -0.15) is 0 Å². The highest BCUT2D eigenvalue weighted by Crippen LogP contribution is 2.29. The fourth-order valence-corrected chi connectivity index (χ4v) is 4.33. The number of nitrogens with zero attached hydrogens (tertiary/aromatic N) is 3. The molecule has 0 unspecified atom stereocenters. The number of nitrogens with one attached hydrogen (secondary N) is 2. The predicted molar refractivity (Wildman–Crippen MR) is 124 cm³/mol. The van der Waals surface area contributed by atoms with E-state index in [1.807, 2.05) is 36.5 Å². The first-order chi connectivity index (χ1) is 14.9. The lowest BCUT2D eigenvalue weighted by molar-refractivity contribution is -0.128. The number of benzene rings is 1. The van der Waals surface area contributed by atoms with Gasteiger partial charge in [0.15, 0.2) is 0 Å². The second kappa shape index (κ2) is 8.85. The first-order valence-electron chi connectivity index (χ1n) is 10.7. The molecule has 0 radical (unpaired) electrons. The molecule has 1 aliphatic heterocycles. The van der Waals surface area contributed by atoms with Crippen LogP contribution in [-0.4, -0.2) is 39.5 Å². The number of rotatable bonds is 6. The maximum Gasteiger partial charge on any atom is 0.240 e. The molecule has 164 valence electrons. The molecule has 3 aromatic rings. The Bertz CT molecular complexity index is 1040. The average Bonchev–Trinajstić information content (AvgIpc) is 3.23. The van der Waals surface area contributed by atoms with Crippen molar-refractivity contribution in [3.63, 3.8) is 0 Å². The highest BCUT2D eigenvalue weighted by atomic mass is 35.5. The summed E-state index contributed by atoms with van der Waals surface area (Å²) >= 11 is 6.04. The Kier molecular flexibility index (Phi) is 6.16. The number of carbonyl (C=O) groups excluding carboxylic acids is 1. The zero-order valence-electron chi connectivity index (χ0n) is 17.9. The number of hydrogen-bond donors (Lipinski definition) is 3. The summed E-state index contributed by atoms with van der Waals surface area (Å²) in [5.41, 5.74) is 7.57. The highest BCUT2D eigenvalue weighted by molar-refractivity contribution is 6.30. The van der Waals surface area contributed by atoms with Gasteiger partial charge in [-0.3, -0.25) is 4.79 Å². The number of piperidine rings is 1. The lowest BCUT2D eigenvalue weighted by Crippen LogP contribution is -2.60. The molecule has 0 aliphatic carbocycles. The first-order valence-corrected chi connectivity index (χ1v) is 11.1. The number of nitrogens with two attached hydrogens (primary N) is 1. The van der Waals surface area contributed by atoms with Gasteiger partial charge in [0, 0.05) is 24.3 Å². The molecule has 1 aliphatic rings. The summed E-state index contributed by atoms with van der Waals surface area (Å²) in [6, 6.07) is 9.54. The second-order valence-electron chi connectivity index (χ2n) is 8.79. The van der Waals surface area contributed by atoms with Crippen LogP contribution in [0.4, 0.5) is 5.82 Å². The fraction of sp³-hybridized carbons (Fsp3) is 0.435. The number of aromatic amines is 1. The van der Waals surface area contributed by atoms with Crippen LogP contribution in [0, 0.1) is 5.92 Å². The molecule has 0 bridgehead atoms. The minimum absolute atomic E-state index is 0.0930. The van der Waals surface area contributed by atoms with E-state index in [0.29, 0.717) is 36.9 Å². The number of fused-ring (bicyclic) bond motifs is 1. The summed E-state index contributed by atoms with van der Waals surface area (Å²) in [6.45, 7) is 5.62. The van der Waals surface area contributed by atoms with Crippen LogP contribution < -0.4 is 16.0 Å². The zero-order valence-corrected chi connectivity index (χ0v) is 18.7. The van der Waals surface area contributed by atoms with E-state index in [4.69, 9.17) is 17.3 Å². The monoisotopic (exact) mass is 440 g/mol. The molecule has 4 N–H and O–H groups in total. The lowest BCUT2D eigenvalue weighted by Gasteiger charge is -2.39. The molecule has 2 aromatic heterocycles. The Labute approximate surface area is 187 Å². The zero-order chi connectivity index (χ0) is 22.0. The van der Waals surface area contributed by atoms with E-state index < -0.39 is 5.54 Å². The molecule has 1 saturated heterocycles. The van der Waals surface area contributed by atoms with E-state index in [9.17, 15) is 4.79 Å². The van der Waals surface area contributed by atoms with Crippen molar-refractivity contribution in [2.24, 2.45) is 11.7 Å². The summed E-state index contributed by atoms with van der Waals surface area (Å²) in [5, 5.41) is 4.88. The summed E-state index contributed by atoms with van der Waals surface area (Å²) in [7, 11) is 0. The van der Waals surface area contributed by atoms with Gasteiger partial charge in [-0.25, -0.2) is 9.97 Å². The average molecular weight is 441 g/mol. The van der Waals surface area contributed by atoms with Gasteiger partial charge >= 0.3 is 0 Å². The molecule has 1 aromatic carbocycles. The maximum absolute atomic E-state index is 13.3. The Balaban J connectivity index is 1.45. The van der Waals surface area contributed by atoms with E-state index >= 15 is 0 Å². The summed E-state index contributed by atoms with van der Waals surface area (Å²) in [6.07, 6.45) is 5.38. The van der Waals surface area contributed by atoms with Gasteiger partial charge in [0.2, 0.25) is 5.91 Å². The smallest absolute Gasteiger partial charge is 0.240 e. The normalized spacial score (nSPS) is 17.1. The SMILES string of the molecule is CC(C)C[C@H](NC(=O)C1(N)CCN(c2ncnc3[nH]ccc23)CC1)c1ccc(Cl)cc1. The summed E-state index contributed by atoms with van der Waals surface area (Å²) in [5.74, 6) is 1.22. The quantitative estimate of drug-likeness (QED) is 0.541. The molecule has 8 heteroatoms. The molecule has 0 spiro atoms. The van der Waals surface area contributed by atoms with Crippen molar-refractivity contribution in [3.8, 4) is 0 Å². The molecule has 3 heterocycles. The standard InChI is InChI=1S/C23H29ClN6O/c1-15(2)13-19(16-3-5-17(24)6-4-16)29-22(31)23(25)8-11-30(12-9-23)21-18-7-10-26-20(18)27-14-28-21/h3-7,10,14-15,19H,8-9,11-13,25H2,1-2H3,(H,29,31)(H,26,27,28)/t19-/m0/s1. The lowest BCUT2D eigenvalue weighted by atomic mass is 9.86. The summed E-state index contributed by atoms with van der Waals surface area (Å²) < 4.78 is 0. The minimum atomic E-state index is -0.900. The van der Waals surface area contributed by atoms with Gasteiger partial charge in [0.1, 0.15) is 17.8 Å². The van der Waals surface area contributed by atoms with Crippen molar-refractivity contribution in [2.75, 3.05) is 18.0 Å². The molecule has 0 saturated carbocycles. The third kappa shape index (κ3) is 4.67. The van der Waals surface area contributed by atoms with Gasteiger partial charge in [-0.05, 0) is 48.9 Å². The molecule has 1 fully saturated rings. The van der Waals surface area contributed by atoms with Crippen molar-refractivity contribution < 1.29 is 4.79 Å². The number of hydrogen-bond acceptors (Lipinski definition) is 5. The second-order valence-corrected chi connectivity index (χ2v) is 9.22. The Morgan fingerprint density at radius 1 is 1.23 bits per heavy atom. The Morgan fingerprint density at radius 3 is 2.61 bits per heavy atom. The molecule has 4 rings (SSSR count). The topological polar surface area (TPSA) is 99.9 Å². The van der Waals surface area contributed by atoms with Crippen LogP contribution in [0.3, 0.4) is 0 Å². The van der Waals surface area contributed by atoms with Gasteiger partial charge < -0.3 is 20.9 Å². The van der Waals surface area contributed by atoms with Crippen LogP contribution in [0.1, 0.15) is 44.7 Å². The van der Waals surface area contributed by atoms with E-state index in [1.165, 1.54) is 0 Å². The van der Waals surface area contributed by atoms with Crippen molar-refractivity contribution in [2.45, 2.75) is 44.7 Å². The highest BCUT2D eigenvalue weighted by Gasteiger charge is 2.39. The molecule has 7 nitrogen and oxygen atoms in total. The summed E-state index contributed by atoms with van der Waals surface area (Å²) in [4.78, 5) is 27.3. The first kappa shape index (κ1) is 21.6. The van der Waals surface area contributed by atoms with Crippen molar-refractivity contribution >= 4 is 34.4 Å².